The first-order valence-corrected chi connectivity index (χ1v) is 22.6. The van der Waals surface area contributed by atoms with E-state index < -0.39 is 26.5 Å². The van der Waals surface area contributed by atoms with E-state index in [4.69, 9.17) is 18.5 Å². The van der Waals surface area contributed by atoms with Gasteiger partial charge in [-0.1, -0.05) is 154 Å². The molecule has 0 amide bonds. The van der Waals surface area contributed by atoms with E-state index in [0.717, 1.165) is 57.8 Å². The van der Waals surface area contributed by atoms with Crippen molar-refractivity contribution in [1.82, 2.24) is 0 Å². The van der Waals surface area contributed by atoms with E-state index in [-0.39, 0.29) is 32.0 Å². The average molecular weight is 759 g/mol. The van der Waals surface area contributed by atoms with Crippen LogP contribution in [0, 0.1) is 0 Å². The van der Waals surface area contributed by atoms with Crippen molar-refractivity contribution in [3.05, 3.63) is 24.3 Å². The number of quaternary nitrogens is 1. The summed E-state index contributed by atoms with van der Waals surface area (Å²) < 4.78 is 34.2. The van der Waals surface area contributed by atoms with Crippen molar-refractivity contribution in [2.75, 3.05) is 47.5 Å². The first kappa shape index (κ1) is 50.5. The van der Waals surface area contributed by atoms with Crippen LogP contribution in [0.25, 0.3) is 0 Å². The largest absolute Gasteiger partial charge is 0.472 e. The average Bonchev–Trinajstić information content (AvgIpc) is 3.09. The lowest BCUT2D eigenvalue weighted by Crippen LogP contribution is -2.37. The summed E-state index contributed by atoms with van der Waals surface area (Å²) in [6.07, 6.45) is 36.4. The van der Waals surface area contributed by atoms with Crippen LogP contribution < -0.4 is 0 Å². The Bertz CT molecular complexity index is 949. The molecule has 0 radical (unpaired) electrons. The highest BCUT2D eigenvalue weighted by Crippen LogP contribution is 2.43. The molecule has 0 heterocycles. The Labute approximate surface area is 319 Å². The van der Waals surface area contributed by atoms with Gasteiger partial charge in [-0.3, -0.25) is 18.6 Å². The number of unbranched alkanes of at least 4 members (excludes halogenated alkanes) is 21. The summed E-state index contributed by atoms with van der Waals surface area (Å²) in [5, 5.41) is 0. The molecule has 2 atom stereocenters. The number of carbonyl (C=O) groups is 2. The van der Waals surface area contributed by atoms with E-state index in [1.165, 1.54) is 89.9 Å². The van der Waals surface area contributed by atoms with Crippen LogP contribution in [0.2, 0.25) is 0 Å². The van der Waals surface area contributed by atoms with E-state index >= 15 is 0 Å². The third-order valence-electron chi connectivity index (χ3n) is 9.01. The molecule has 0 aromatic heterocycles. The standard InChI is InChI=1S/C42H80NO8P/c1-6-8-10-12-14-16-18-20-21-23-24-26-28-30-32-34-41(44)48-38-40(39-50-52(46,47)49-37-36-43(3,4)5)51-42(45)35-33-31-29-27-25-22-19-17-15-13-11-9-7-2/h16,18,20-21,40H,6-15,17,19,22-39H2,1-5H3/p+1/b18-16+,21-20+/t40-/m1/s1. The van der Waals surface area contributed by atoms with Crippen LogP contribution in [0.15, 0.2) is 24.3 Å². The number of phosphoric acid groups is 1. The highest BCUT2D eigenvalue weighted by molar-refractivity contribution is 7.47. The normalized spacial score (nSPS) is 13.9. The highest BCUT2D eigenvalue weighted by Gasteiger charge is 2.27. The number of phosphoric ester groups is 1. The van der Waals surface area contributed by atoms with Gasteiger partial charge in [0.25, 0.3) is 0 Å². The van der Waals surface area contributed by atoms with Crippen LogP contribution >= 0.6 is 7.82 Å². The molecular weight excluding hydrogens is 677 g/mol. The fourth-order valence-corrected chi connectivity index (χ4v) is 6.39. The molecule has 0 aliphatic carbocycles. The van der Waals surface area contributed by atoms with Crippen LogP contribution in [0.5, 0.6) is 0 Å². The Morgan fingerprint density at radius 2 is 1.02 bits per heavy atom. The minimum absolute atomic E-state index is 0.0308. The zero-order chi connectivity index (χ0) is 38.6. The molecule has 10 heteroatoms. The molecule has 0 fully saturated rings. The minimum Gasteiger partial charge on any atom is -0.462 e. The number of allylic oxidation sites excluding steroid dienone is 4. The summed E-state index contributed by atoms with van der Waals surface area (Å²) in [4.78, 5) is 35.3. The van der Waals surface area contributed by atoms with Crippen molar-refractivity contribution in [2.45, 2.75) is 187 Å². The maximum atomic E-state index is 12.6. The van der Waals surface area contributed by atoms with Gasteiger partial charge in [-0.2, -0.15) is 0 Å². The molecule has 1 N–H and O–H groups in total. The van der Waals surface area contributed by atoms with Crippen LogP contribution in [0.3, 0.4) is 0 Å². The number of nitrogens with zero attached hydrogens (tertiary/aromatic N) is 1. The van der Waals surface area contributed by atoms with E-state index in [1.807, 2.05) is 21.1 Å². The lowest BCUT2D eigenvalue weighted by atomic mass is 10.0. The van der Waals surface area contributed by atoms with Gasteiger partial charge in [-0.05, 0) is 38.5 Å². The molecule has 306 valence electrons. The van der Waals surface area contributed by atoms with Crippen molar-refractivity contribution >= 4 is 19.8 Å². The second-order valence-corrected chi connectivity index (χ2v) is 16.9. The van der Waals surface area contributed by atoms with Crippen molar-refractivity contribution < 1.29 is 42.1 Å². The lowest BCUT2D eigenvalue weighted by molar-refractivity contribution is -0.870. The number of hydrogen-bond acceptors (Lipinski definition) is 7. The Morgan fingerprint density at radius 3 is 1.50 bits per heavy atom. The Morgan fingerprint density at radius 1 is 0.596 bits per heavy atom. The van der Waals surface area contributed by atoms with Gasteiger partial charge < -0.3 is 18.9 Å². The summed E-state index contributed by atoms with van der Waals surface area (Å²) in [5.41, 5.74) is 0. The maximum absolute atomic E-state index is 12.6. The van der Waals surface area contributed by atoms with Crippen LogP contribution in [-0.4, -0.2) is 74.9 Å². The van der Waals surface area contributed by atoms with Crippen molar-refractivity contribution in [2.24, 2.45) is 0 Å². The van der Waals surface area contributed by atoms with Gasteiger partial charge >= 0.3 is 19.8 Å². The number of hydrogen-bond donors (Lipinski definition) is 1. The molecule has 0 aliphatic heterocycles. The van der Waals surface area contributed by atoms with E-state index in [2.05, 4.69) is 38.2 Å². The molecule has 0 aliphatic rings. The molecule has 0 aromatic rings. The van der Waals surface area contributed by atoms with Gasteiger partial charge in [0.05, 0.1) is 27.7 Å². The zero-order valence-electron chi connectivity index (χ0n) is 34.3. The summed E-state index contributed by atoms with van der Waals surface area (Å²) in [6, 6.07) is 0. The molecule has 0 spiro atoms. The molecule has 0 saturated carbocycles. The number of likely N-dealkylation sites (N-methyl/N-ethyl adjacent to an activating group) is 1. The highest BCUT2D eigenvalue weighted by atomic mass is 31.2. The van der Waals surface area contributed by atoms with Gasteiger partial charge in [-0.15, -0.1) is 0 Å². The van der Waals surface area contributed by atoms with Crippen LogP contribution in [0.4, 0.5) is 0 Å². The molecule has 0 saturated heterocycles. The van der Waals surface area contributed by atoms with Gasteiger partial charge in [-0.25, -0.2) is 4.57 Å². The predicted octanol–water partition coefficient (Wildman–Crippen LogP) is 11.6. The molecule has 52 heavy (non-hydrogen) atoms. The van der Waals surface area contributed by atoms with Gasteiger partial charge in [0.1, 0.15) is 19.8 Å². The first-order valence-electron chi connectivity index (χ1n) is 21.1. The predicted molar refractivity (Wildman–Crippen MR) is 215 cm³/mol. The molecule has 0 bridgehead atoms. The number of rotatable bonds is 38. The minimum atomic E-state index is -4.37. The lowest BCUT2D eigenvalue weighted by Gasteiger charge is -2.24. The van der Waals surface area contributed by atoms with Gasteiger partial charge in [0.15, 0.2) is 6.10 Å². The molecule has 0 rings (SSSR count). The monoisotopic (exact) mass is 759 g/mol. The third-order valence-corrected chi connectivity index (χ3v) is 10.00. The van der Waals surface area contributed by atoms with E-state index in [0.29, 0.717) is 17.4 Å². The topological polar surface area (TPSA) is 108 Å². The van der Waals surface area contributed by atoms with E-state index in [9.17, 15) is 19.0 Å². The first-order chi connectivity index (χ1) is 25.0. The van der Waals surface area contributed by atoms with Crippen molar-refractivity contribution in [1.29, 1.82) is 0 Å². The molecule has 1 unspecified atom stereocenters. The summed E-state index contributed by atoms with van der Waals surface area (Å²) in [6.45, 7) is 4.38. The molecule has 0 aromatic carbocycles. The SMILES string of the molecule is CCCCCC/C=C/C=C/CCCCCCCC(=O)OC[C@H](COP(=O)(O)OCC[N+](C)(C)C)OC(=O)CCCCCCCCCCCCCCC. The van der Waals surface area contributed by atoms with Gasteiger partial charge in [0, 0.05) is 12.8 Å². The van der Waals surface area contributed by atoms with E-state index in [1.54, 1.807) is 0 Å². The summed E-state index contributed by atoms with van der Waals surface area (Å²) in [5.74, 6) is -0.812. The Balaban J connectivity index is 4.40. The Kier molecular flexibility index (Phi) is 34.2. The molecule has 9 nitrogen and oxygen atoms in total. The quantitative estimate of drug-likeness (QED) is 0.0218. The Hall–Kier alpha value is -1.51. The second-order valence-electron chi connectivity index (χ2n) is 15.4. The number of carbonyl (C=O) groups excluding carboxylic acids is 2. The fourth-order valence-electron chi connectivity index (χ4n) is 5.65. The summed E-state index contributed by atoms with van der Waals surface area (Å²) in [7, 11) is 1.47. The number of esters is 2. The smallest absolute Gasteiger partial charge is 0.462 e. The summed E-state index contributed by atoms with van der Waals surface area (Å²) >= 11 is 0. The number of ether oxygens (including phenoxy) is 2. The zero-order valence-corrected chi connectivity index (χ0v) is 35.2. The maximum Gasteiger partial charge on any atom is 0.472 e. The van der Waals surface area contributed by atoms with Gasteiger partial charge in [0.2, 0.25) is 0 Å². The molecular formula is C42H81NO8P+. The fraction of sp³-hybridized carbons (Fsp3) is 0.857. The van der Waals surface area contributed by atoms with Crippen molar-refractivity contribution in [3.63, 3.8) is 0 Å². The second kappa shape index (κ2) is 35.2. The van der Waals surface area contributed by atoms with Crippen molar-refractivity contribution in [3.8, 4) is 0 Å². The third kappa shape index (κ3) is 38.2. The van der Waals surface area contributed by atoms with Crippen LogP contribution in [0.1, 0.15) is 181 Å². The van der Waals surface area contributed by atoms with Crippen LogP contribution in [-0.2, 0) is 32.7 Å².